The molecule has 1 saturated heterocycles. The molecule has 0 aromatic heterocycles. The van der Waals surface area contributed by atoms with Crippen LogP contribution in [-0.2, 0) is 6.54 Å². The number of nitrogens with zero attached hydrogens (tertiary/aromatic N) is 1. The van der Waals surface area contributed by atoms with Gasteiger partial charge in [0.25, 0.3) is 0 Å². The molecule has 0 amide bonds. The lowest BCUT2D eigenvalue weighted by atomic mass is 10.1. The highest BCUT2D eigenvalue weighted by atomic mass is 15.2. The minimum absolute atomic E-state index is 0.578. The molecule has 1 aromatic rings. The van der Waals surface area contributed by atoms with Crippen LogP contribution in [0.5, 0.6) is 0 Å². The van der Waals surface area contributed by atoms with E-state index in [2.05, 4.69) is 54.6 Å². The number of piperazine rings is 1. The fourth-order valence-corrected chi connectivity index (χ4v) is 2.55. The van der Waals surface area contributed by atoms with Crippen molar-refractivity contribution in [3.05, 3.63) is 34.9 Å². The third-order valence-corrected chi connectivity index (χ3v) is 3.66. The summed E-state index contributed by atoms with van der Waals surface area (Å²) in [6.07, 6.45) is 0. The molecule has 3 heteroatoms. The van der Waals surface area contributed by atoms with Gasteiger partial charge in [-0.1, -0.05) is 23.8 Å². The van der Waals surface area contributed by atoms with E-state index < -0.39 is 0 Å². The van der Waals surface area contributed by atoms with Crippen molar-refractivity contribution in [2.45, 2.75) is 26.4 Å². The van der Waals surface area contributed by atoms with E-state index >= 15 is 0 Å². The van der Waals surface area contributed by atoms with E-state index in [1.807, 2.05) is 0 Å². The second-order valence-corrected chi connectivity index (χ2v) is 5.47. The Hall–Kier alpha value is -0.900. The lowest BCUT2D eigenvalue weighted by Crippen LogP contribution is -2.53. The van der Waals surface area contributed by atoms with Crippen LogP contribution in [0, 0.1) is 13.8 Å². The minimum atomic E-state index is 0.578. The average molecular weight is 247 g/mol. The normalized spacial score (nSPS) is 21.2. The molecule has 0 saturated carbocycles. The number of aryl methyl sites for hydroxylation is 2. The Morgan fingerprint density at radius 3 is 2.94 bits per heavy atom. The zero-order valence-corrected chi connectivity index (χ0v) is 11.8. The van der Waals surface area contributed by atoms with Gasteiger partial charge in [-0.2, -0.15) is 0 Å². The van der Waals surface area contributed by atoms with E-state index in [-0.39, 0.29) is 0 Å². The number of benzene rings is 1. The molecule has 0 spiro atoms. The van der Waals surface area contributed by atoms with Crippen molar-refractivity contribution in [1.29, 1.82) is 0 Å². The predicted octanol–water partition coefficient (Wildman–Crippen LogP) is 1.30. The number of rotatable bonds is 4. The summed E-state index contributed by atoms with van der Waals surface area (Å²) in [5.74, 6) is 0. The van der Waals surface area contributed by atoms with Gasteiger partial charge in [0.05, 0.1) is 0 Å². The second-order valence-electron chi connectivity index (χ2n) is 5.47. The first-order chi connectivity index (χ1) is 8.65. The van der Waals surface area contributed by atoms with Crippen LogP contribution in [0.2, 0.25) is 0 Å². The minimum Gasteiger partial charge on any atom is -0.311 e. The highest BCUT2D eigenvalue weighted by Crippen LogP contribution is 2.10. The molecule has 100 valence electrons. The zero-order valence-electron chi connectivity index (χ0n) is 11.8. The molecular formula is C15H25N3. The van der Waals surface area contributed by atoms with Crippen molar-refractivity contribution >= 4 is 0 Å². The van der Waals surface area contributed by atoms with Crippen molar-refractivity contribution in [3.63, 3.8) is 0 Å². The fraction of sp³-hybridized carbons (Fsp3) is 0.600. The lowest BCUT2D eigenvalue weighted by Gasteiger charge is -2.31. The van der Waals surface area contributed by atoms with Crippen LogP contribution < -0.4 is 10.6 Å². The van der Waals surface area contributed by atoms with E-state index in [0.29, 0.717) is 6.04 Å². The molecule has 0 radical (unpaired) electrons. The van der Waals surface area contributed by atoms with Crippen LogP contribution >= 0.6 is 0 Å². The van der Waals surface area contributed by atoms with E-state index in [1.165, 1.54) is 16.7 Å². The maximum atomic E-state index is 3.56. The van der Waals surface area contributed by atoms with Crippen LogP contribution in [0.15, 0.2) is 18.2 Å². The Balaban J connectivity index is 1.77. The smallest absolute Gasteiger partial charge is 0.0320 e. The highest BCUT2D eigenvalue weighted by molar-refractivity contribution is 5.30. The number of likely N-dealkylation sites (N-methyl/N-ethyl adjacent to an activating group) is 1. The summed E-state index contributed by atoms with van der Waals surface area (Å²) in [5, 5.41) is 7.12. The Morgan fingerprint density at radius 2 is 2.22 bits per heavy atom. The zero-order chi connectivity index (χ0) is 13.0. The van der Waals surface area contributed by atoms with Gasteiger partial charge in [-0.15, -0.1) is 0 Å². The van der Waals surface area contributed by atoms with Gasteiger partial charge in [0.1, 0.15) is 0 Å². The summed E-state index contributed by atoms with van der Waals surface area (Å²) in [5.41, 5.74) is 4.13. The van der Waals surface area contributed by atoms with E-state index in [4.69, 9.17) is 0 Å². The molecule has 1 atom stereocenters. The summed E-state index contributed by atoms with van der Waals surface area (Å²) in [6, 6.07) is 7.26. The SMILES string of the molecule is Cc1ccc(CNCC2CN(C)CCN2)c(C)c1. The molecule has 0 bridgehead atoms. The van der Waals surface area contributed by atoms with Crippen molar-refractivity contribution in [3.8, 4) is 0 Å². The van der Waals surface area contributed by atoms with Crippen LogP contribution in [-0.4, -0.2) is 44.2 Å². The fourth-order valence-electron chi connectivity index (χ4n) is 2.55. The van der Waals surface area contributed by atoms with Crippen LogP contribution in [0.3, 0.4) is 0 Å². The van der Waals surface area contributed by atoms with Gasteiger partial charge in [0.15, 0.2) is 0 Å². The standard InChI is InChI=1S/C15H25N3/c1-12-4-5-14(13(2)8-12)9-16-10-15-11-18(3)7-6-17-15/h4-5,8,15-17H,6-7,9-11H2,1-3H3. The molecule has 1 fully saturated rings. The van der Waals surface area contributed by atoms with E-state index in [9.17, 15) is 0 Å². The Kier molecular flexibility index (Phi) is 4.75. The molecule has 2 rings (SSSR count). The van der Waals surface area contributed by atoms with Gasteiger partial charge >= 0.3 is 0 Å². The number of hydrogen-bond donors (Lipinski definition) is 2. The third kappa shape index (κ3) is 3.80. The quantitative estimate of drug-likeness (QED) is 0.840. The lowest BCUT2D eigenvalue weighted by molar-refractivity contribution is 0.235. The van der Waals surface area contributed by atoms with Crippen LogP contribution in [0.4, 0.5) is 0 Å². The molecule has 1 unspecified atom stereocenters. The second kappa shape index (κ2) is 6.32. The average Bonchev–Trinajstić information content (AvgIpc) is 2.32. The largest absolute Gasteiger partial charge is 0.311 e. The molecular weight excluding hydrogens is 222 g/mol. The van der Waals surface area contributed by atoms with Crippen molar-refractivity contribution < 1.29 is 0 Å². The van der Waals surface area contributed by atoms with Gasteiger partial charge in [0.2, 0.25) is 0 Å². The molecule has 2 N–H and O–H groups in total. The van der Waals surface area contributed by atoms with Gasteiger partial charge in [-0.3, -0.25) is 0 Å². The summed E-state index contributed by atoms with van der Waals surface area (Å²) < 4.78 is 0. The molecule has 1 aromatic carbocycles. The molecule has 0 aliphatic carbocycles. The monoisotopic (exact) mass is 247 g/mol. The topological polar surface area (TPSA) is 27.3 Å². The third-order valence-electron chi connectivity index (χ3n) is 3.66. The first-order valence-corrected chi connectivity index (χ1v) is 6.84. The molecule has 1 heterocycles. The first-order valence-electron chi connectivity index (χ1n) is 6.84. The van der Waals surface area contributed by atoms with Gasteiger partial charge in [0, 0.05) is 38.8 Å². The summed E-state index contributed by atoms with van der Waals surface area (Å²) in [7, 11) is 2.19. The number of hydrogen-bond acceptors (Lipinski definition) is 3. The molecule has 3 nitrogen and oxygen atoms in total. The Bertz CT molecular complexity index is 389. The Labute approximate surface area is 111 Å². The maximum absolute atomic E-state index is 3.56. The van der Waals surface area contributed by atoms with Crippen LogP contribution in [0.25, 0.3) is 0 Å². The van der Waals surface area contributed by atoms with E-state index in [0.717, 1.165) is 32.7 Å². The van der Waals surface area contributed by atoms with Gasteiger partial charge < -0.3 is 15.5 Å². The summed E-state index contributed by atoms with van der Waals surface area (Å²) >= 11 is 0. The predicted molar refractivity (Wildman–Crippen MR) is 76.9 cm³/mol. The van der Waals surface area contributed by atoms with Gasteiger partial charge in [-0.05, 0) is 32.0 Å². The van der Waals surface area contributed by atoms with Crippen molar-refractivity contribution in [2.75, 3.05) is 33.2 Å². The van der Waals surface area contributed by atoms with Gasteiger partial charge in [-0.25, -0.2) is 0 Å². The molecule has 18 heavy (non-hydrogen) atoms. The Morgan fingerprint density at radius 1 is 1.39 bits per heavy atom. The van der Waals surface area contributed by atoms with Crippen LogP contribution in [0.1, 0.15) is 16.7 Å². The number of nitrogens with one attached hydrogen (secondary N) is 2. The highest BCUT2D eigenvalue weighted by Gasteiger charge is 2.15. The first kappa shape index (κ1) is 13.5. The molecule has 1 aliphatic heterocycles. The van der Waals surface area contributed by atoms with Crippen molar-refractivity contribution in [1.82, 2.24) is 15.5 Å². The maximum Gasteiger partial charge on any atom is 0.0320 e. The summed E-state index contributed by atoms with van der Waals surface area (Å²) in [6.45, 7) is 9.74. The van der Waals surface area contributed by atoms with E-state index in [1.54, 1.807) is 0 Å². The molecule has 1 aliphatic rings. The van der Waals surface area contributed by atoms with Crippen molar-refractivity contribution in [2.24, 2.45) is 0 Å². The summed E-state index contributed by atoms with van der Waals surface area (Å²) in [4.78, 5) is 2.39.